The van der Waals surface area contributed by atoms with Crippen molar-refractivity contribution in [1.82, 2.24) is 14.9 Å². The first-order valence-electron chi connectivity index (χ1n) is 7.36. The molecule has 0 radical (unpaired) electrons. The van der Waals surface area contributed by atoms with E-state index in [2.05, 4.69) is 10.3 Å². The number of carbonyl (C=O) groups excluding carboxylic acids is 1. The number of fused-ring (bicyclic) bond motifs is 3. The molecule has 8 nitrogen and oxygen atoms in total. The van der Waals surface area contributed by atoms with Gasteiger partial charge >= 0.3 is 6.09 Å². The van der Waals surface area contributed by atoms with Crippen molar-refractivity contribution in [3.63, 3.8) is 0 Å². The number of rotatable bonds is 4. The first-order valence-corrected chi connectivity index (χ1v) is 7.36. The van der Waals surface area contributed by atoms with Crippen LogP contribution in [0.1, 0.15) is 23.3 Å². The maximum absolute atomic E-state index is 11.5. The van der Waals surface area contributed by atoms with Crippen molar-refractivity contribution in [3.05, 3.63) is 35.9 Å². The summed E-state index contributed by atoms with van der Waals surface area (Å²) in [5, 5.41) is 12.8. The first-order chi connectivity index (χ1) is 11.4. The van der Waals surface area contributed by atoms with E-state index in [1.807, 2.05) is 35.8 Å². The van der Waals surface area contributed by atoms with Crippen molar-refractivity contribution in [3.8, 4) is 0 Å². The number of benzene rings is 1. The van der Waals surface area contributed by atoms with Gasteiger partial charge in [0.15, 0.2) is 0 Å². The van der Waals surface area contributed by atoms with Gasteiger partial charge in [-0.25, -0.2) is 9.78 Å². The van der Waals surface area contributed by atoms with Crippen LogP contribution in [0.3, 0.4) is 0 Å². The summed E-state index contributed by atoms with van der Waals surface area (Å²) in [5.41, 5.74) is 12.8. The van der Waals surface area contributed by atoms with Crippen LogP contribution in [0.15, 0.2) is 30.3 Å². The third-order valence-corrected chi connectivity index (χ3v) is 3.97. The van der Waals surface area contributed by atoms with E-state index in [1.54, 1.807) is 6.07 Å². The summed E-state index contributed by atoms with van der Waals surface area (Å²) in [6.07, 6.45) is -1.09. The van der Waals surface area contributed by atoms with E-state index in [9.17, 15) is 9.59 Å². The predicted molar refractivity (Wildman–Crippen MR) is 90.9 cm³/mol. The van der Waals surface area contributed by atoms with Crippen LogP contribution in [0.25, 0.3) is 21.9 Å². The van der Waals surface area contributed by atoms with E-state index in [0.29, 0.717) is 5.65 Å². The Morgan fingerprint density at radius 2 is 2.04 bits per heavy atom. The van der Waals surface area contributed by atoms with Crippen molar-refractivity contribution in [2.45, 2.75) is 13.0 Å². The minimum Gasteiger partial charge on any atom is -0.465 e. The van der Waals surface area contributed by atoms with Gasteiger partial charge in [0.25, 0.3) is 5.91 Å². The summed E-state index contributed by atoms with van der Waals surface area (Å²) in [4.78, 5) is 26.7. The molecule has 0 saturated heterocycles. The molecule has 2 heterocycles. The van der Waals surface area contributed by atoms with Crippen molar-refractivity contribution in [2.24, 2.45) is 5.73 Å². The molecule has 0 bridgehead atoms. The minimum absolute atomic E-state index is 0.0532. The number of hydrogen-bond acceptors (Lipinski definition) is 4. The van der Waals surface area contributed by atoms with Gasteiger partial charge in [-0.2, -0.15) is 0 Å². The molecule has 0 aliphatic carbocycles. The largest absolute Gasteiger partial charge is 0.465 e. The summed E-state index contributed by atoms with van der Waals surface area (Å²) in [6.45, 7) is 2.09. The number of anilines is 1. The van der Waals surface area contributed by atoms with E-state index in [0.717, 1.165) is 16.3 Å². The number of pyridine rings is 1. The number of amides is 2. The van der Waals surface area contributed by atoms with E-state index in [1.165, 1.54) is 0 Å². The molecular weight excluding hydrogens is 310 g/mol. The summed E-state index contributed by atoms with van der Waals surface area (Å²) >= 11 is 0. The summed E-state index contributed by atoms with van der Waals surface area (Å²) < 4.78 is 1.90. The van der Waals surface area contributed by atoms with Crippen molar-refractivity contribution < 1.29 is 14.7 Å². The molecule has 6 N–H and O–H groups in total. The van der Waals surface area contributed by atoms with Gasteiger partial charge in [0.2, 0.25) is 0 Å². The molecule has 0 saturated carbocycles. The molecule has 0 fully saturated rings. The van der Waals surface area contributed by atoms with Crippen molar-refractivity contribution in [2.75, 3.05) is 12.3 Å². The van der Waals surface area contributed by atoms with Crippen LogP contribution in [0, 0.1) is 0 Å². The van der Waals surface area contributed by atoms with Crippen LogP contribution < -0.4 is 16.8 Å². The molecule has 0 aliphatic rings. The van der Waals surface area contributed by atoms with Crippen LogP contribution in [-0.2, 0) is 0 Å². The number of aromatic nitrogens is 2. The Hall–Kier alpha value is -3.29. The van der Waals surface area contributed by atoms with Crippen LogP contribution in [-0.4, -0.2) is 33.2 Å². The molecule has 2 amide bonds. The molecule has 3 rings (SSSR count). The number of nitrogens with zero attached hydrogens (tertiary/aromatic N) is 2. The second-order valence-electron chi connectivity index (χ2n) is 5.58. The highest BCUT2D eigenvalue weighted by molar-refractivity contribution is 6.10. The molecule has 1 aromatic carbocycles. The SMILES string of the molecule is CC(CNC(=O)O)n1c2ccccc2c2cc(C(N)=O)c(N)nc21. The maximum Gasteiger partial charge on any atom is 0.404 e. The van der Waals surface area contributed by atoms with Gasteiger partial charge in [0, 0.05) is 17.3 Å². The topological polar surface area (TPSA) is 136 Å². The fourth-order valence-corrected chi connectivity index (χ4v) is 2.89. The fraction of sp³-hybridized carbons (Fsp3) is 0.188. The van der Waals surface area contributed by atoms with Gasteiger partial charge in [-0.15, -0.1) is 0 Å². The molecule has 8 heteroatoms. The van der Waals surface area contributed by atoms with Gasteiger partial charge in [-0.3, -0.25) is 4.79 Å². The number of para-hydroxylation sites is 1. The lowest BCUT2D eigenvalue weighted by Crippen LogP contribution is -2.28. The Labute approximate surface area is 137 Å². The quantitative estimate of drug-likeness (QED) is 0.578. The summed E-state index contributed by atoms with van der Waals surface area (Å²) in [7, 11) is 0. The highest BCUT2D eigenvalue weighted by Gasteiger charge is 2.19. The van der Waals surface area contributed by atoms with Crippen LogP contribution in [0.2, 0.25) is 0 Å². The zero-order valence-corrected chi connectivity index (χ0v) is 13.0. The third kappa shape index (κ3) is 2.47. The molecule has 3 aromatic rings. The number of primary amides is 1. The number of nitrogens with one attached hydrogen (secondary N) is 1. The van der Waals surface area contributed by atoms with Gasteiger partial charge in [0.05, 0.1) is 17.1 Å². The van der Waals surface area contributed by atoms with Crippen molar-refractivity contribution in [1.29, 1.82) is 0 Å². The Bertz CT molecular complexity index is 963. The lowest BCUT2D eigenvalue weighted by molar-refractivity contribution is 0.100. The summed E-state index contributed by atoms with van der Waals surface area (Å²) in [5.74, 6) is -0.586. The molecule has 2 aromatic heterocycles. The molecule has 124 valence electrons. The minimum atomic E-state index is -1.09. The monoisotopic (exact) mass is 327 g/mol. The highest BCUT2D eigenvalue weighted by Crippen LogP contribution is 2.32. The Morgan fingerprint density at radius 1 is 1.33 bits per heavy atom. The Balaban J connectivity index is 2.28. The van der Waals surface area contributed by atoms with E-state index >= 15 is 0 Å². The molecule has 0 spiro atoms. The Morgan fingerprint density at radius 3 is 2.71 bits per heavy atom. The number of nitrogens with two attached hydrogens (primary N) is 2. The van der Waals surface area contributed by atoms with Gasteiger partial charge in [-0.05, 0) is 19.1 Å². The molecule has 24 heavy (non-hydrogen) atoms. The summed E-state index contributed by atoms with van der Waals surface area (Å²) in [6, 6.07) is 9.02. The van der Waals surface area contributed by atoms with Crippen LogP contribution in [0.4, 0.5) is 10.6 Å². The van der Waals surface area contributed by atoms with Gasteiger partial charge < -0.3 is 26.5 Å². The first kappa shape index (κ1) is 15.6. The highest BCUT2D eigenvalue weighted by atomic mass is 16.4. The molecule has 0 aliphatic heterocycles. The zero-order chi connectivity index (χ0) is 17.4. The standard InChI is InChI=1S/C16H17N5O3/c1-8(7-19-16(23)24)21-12-5-3-2-4-9(12)10-6-11(14(18)22)13(17)20-15(10)21/h2-6,8,19H,7H2,1H3,(H2,17,20)(H2,18,22)(H,23,24). The van der Waals surface area contributed by atoms with Crippen molar-refractivity contribution >= 4 is 39.8 Å². The molecule has 1 unspecified atom stereocenters. The second kappa shape index (κ2) is 5.73. The van der Waals surface area contributed by atoms with E-state index in [4.69, 9.17) is 16.6 Å². The average Bonchev–Trinajstić information content (AvgIpc) is 2.85. The zero-order valence-electron chi connectivity index (χ0n) is 13.0. The second-order valence-corrected chi connectivity index (χ2v) is 5.58. The smallest absolute Gasteiger partial charge is 0.404 e. The fourth-order valence-electron chi connectivity index (χ4n) is 2.89. The Kier molecular flexibility index (Phi) is 3.72. The third-order valence-electron chi connectivity index (χ3n) is 3.97. The molecular formula is C16H17N5O3. The van der Waals surface area contributed by atoms with E-state index < -0.39 is 12.0 Å². The van der Waals surface area contributed by atoms with Gasteiger partial charge in [0.1, 0.15) is 11.5 Å². The lowest BCUT2D eigenvalue weighted by atomic mass is 10.1. The number of carboxylic acid groups (broad SMARTS) is 1. The van der Waals surface area contributed by atoms with Gasteiger partial charge in [-0.1, -0.05) is 18.2 Å². The van der Waals surface area contributed by atoms with E-state index in [-0.39, 0.29) is 24.0 Å². The lowest BCUT2D eigenvalue weighted by Gasteiger charge is -2.16. The number of carbonyl (C=O) groups is 2. The maximum atomic E-state index is 11.5. The van der Waals surface area contributed by atoms with Crippen LogP contribution >= 0.6 is 0 Å². The average molecular weight is 327 g/mol. The predicted octanol–water partition coefficient (Wildman–Crippen LogP) is 1.70. The number of hydrogen-bond donors (Lipinski definition) is 4. The number of nitrogen functional groups attached to an aromatic ring is 1. The molecule has 1 atom stereocenters. The van der Waals surface area contributed by atoms with Crippen LogP contribution in [0.5, 0.6) is 0 Å². The normalized spacial score (nSPS) is 12.4.